The van der Waals surface area contributed by atoms with Crippen LogP contribution in [0.3, 0.4) is 0 Å². The number of benzene rings is 2. The van der Waals surface area contributed by atoms with Crippen LogP contribution < -0.4 is 45.0 Å². The van der Waals surface area contributed by atoms with Crippen LogP contribution in [0.2, 0.25) is 0 Å². The maximum Gasteiger partial charge on any atom is 0.231 e. The molecule has 2 heterocycles. The van der Waals surface area contributed by atoms with Gasteiger partial charge in [-0.25, -0.2) is 0 Å². The Labute approximate surface area is 185 Å². The second-order valence-corrected chi connectivity index (χ2v) is 7.65. The number of rotatable bonds is 6. The highest BCUT2D eigenvalue weighted by Gasteiger charge is 2.39. The third-order valence-electron chi connectivity index (χ3n) is 5.48. The van der Waals surface area contributed by atoms with Gasteiger partial charge in [-0.05, 0) is 36.0 Å². The summed E-state index contributed by atoms with van der Waals surface area (Å²) in [5.74, 6) is 3.52. The highest BCUT2D eigenvalue weighted by Crippen LogP contribution is 2.51. The smallest absolute Gasteiger partial charge is 0.231 e. The summed E-state index contributed by atoms with van der Waals surface area (Å²) in [6.45, 7) is 2.24. The number of methoxy groups -OCH3 is 3. The lowest BCUT2D eigenvalue weighted by Crippen LogP contribution is -2.54. The number of hydrogen-bond acceptors (Lipinski definition) is 8. The zero-order valence-corrected chi connectivity index (χ0v) is 18.5. The predicted octanol–water partition coefficient (Wildman–Crippen LogP) is 2.27. The number of fused-ring (bicyclic) bond motifs is 2. The van der Waals surface area contributed by atoms with Crippen molar-refractivity contribution < 1.29 is 28.4 Å². The van der Waals surface area contributed by atoms with Crippen molar-refractivity contribution in [1.29, 1.82) is 0 Å². The van der Waals surface area contributed by atoms with Crippen LogP contribution in [0.5, 0.6) is 34.5 Å². The van der Waals surface area contributed by atoms with Crippen LogP contribution in [0.4, 0.5) is 0 Å². The second kappa shape index (κ2) is 8.56. The number of nitrogens with two attached hydrogens (primary N) is 1. The molecular formula is C21H25N3O6S. The van der Waals surface area contributed by atoms with Gasteiger partial charge < -0.3 is 34.2 Å². The van der Waals surface area contributed by atoms with Crippen LogP contribution in [0, 0.1) is 5.92 Å². The van der Waals surface area contributed by atoms with Crippen molar-refractivity contribution in [2.45, 2.75) is 19.1 Å². The lowest BCUT2D eigenvalue weighted by molar-refractivity contribution is 0.0725. The highest BCUT2D eigenvalue weighted by atomic mass is 32.1. The first-order chi connectivity index (χ1) is 15.0. The van der Waals surface area contributed by atoms with E-state index in [4.69, 9.17) is 46.4 Å². The van der Waals surface area contributed by atoms with E-state index in [-0.39, 0.29) is 23.7 Å². The number of hydrazine groups is 1. The van der Waals surface area contributed by atoms with Crippen molar-refractivity contribution >= 4 is 17.3 Å². The molecule has 10 heteroatoms. The molecule has 2 aliphatic heterocycles. The first-order valence-electron chi connectivity index (χ1n) is 9.67. The van der Waals surface area contributed by atoms with Crippen molar-refractivity contribution in [2.24, 2.45) is 11.7 Å². The maximum atomic E-state index is 6.22. The fourth-order valence-electron chi connectivity index (χ4n) is 4.05. The molecule has 3 atom stereocenters. The van der Waals surface area contributed by atoms with Crippen molar-refractivity contribution in [1.82, 2.24) is 10.9 Å². The van der Waals surface area contributed by atoms with Gasteiger partial charge in [0.05, 0.1) is 21.3 Å². The summed E-state index contributed by atoms with van der Waals surface area (Å²) in [7, 11) is 4.77. The zero-order valence-electron chi connectivity index (χ0n) is 17.7. The van der Waals surface area contributed by atoms with Gasteiger partial charge in [-0.3, -0.25) is 5.43 Å². The SMILES string of the molecule is COc1cc([C@H]2c3cc4c(cc3OC(NNC(N)=S)[C@@H]2C)OCO4)cc(OC)c1OC. The van der Waals surface area contributed by atoms with E-state index in [2.05, 4.69) is 17.8 Å². The Kier molecular flexibility index (Phi) is 5.84. The van der Waals surface area contributed by atoms with Crippen molar-refractivity contribution in [3.8, 4) is 34.5 Å². The second-order valence-electron chi connectivity index (χ2n) is 7.21. The van der Waals surface area contributed by atoms with Gasteiger partial charge in [0.15, 0.2) is 34.3 Å². The number of thiocarbonyl (C=S) groups is 1. The third kappa shape index (κ3) is 3.84. The molecule has 1 unspecified atom stereocenters. The number of nitrogens with one attached hydrogen (secondary N) is 2. The molecular weight excluding hydrogens is 422 g/mol. The predicted molar refractivity (Wildman–Crippen MR) is 117 cm³/mol. The minimum Gasteiger partial charge on any atom is -0.493 e. The summed E-state index contributed by atoms with van der Waals surface area (Å²) in [5, 5.41) is 0.122. The largest absolute Gasteiger partial charge is 0.493 e. The molecule has 0 radical (unpaired) electrons. The van der Waals surface area contributed by atoms with Crippen molar-refractivity contribution in [2.75, 3.05) is 28.1 Å². The molecule has 166 valence electrons. The van der Waals surface area contributed by atoms with Gasteiger partial charge in [0.25, 0.3) is 0 Å². The average Bonchev–Trinajstić information content (AvgIpc) is 3.22. The van der Waals surface area contributed by atoms with Crippen LogP contribution in [-0.4, -0.2) is 39.5 Å². The van der Waals surface area contributed by atoms with Crippen LogP contribution in [-0.2, 0) is 0 Å². The van der Waals surface area contributed by atoms with E-state index in [1.165, 1.54) is 0 Å². The van der Waals surface area contributed by atoms with Crippen LogP contribution in [0.15, 0.2) is 24.3 Å². The molecule has 2 aliphatic rings. The molecule has 0 saturated heterocycles. The van der Waals surface area contributed by atoms with E-state index in [0.29, 0.717) is 34.5 Å². The van der Waals surface area contributed by atoms with Gasteiger partial charge in [0.2, 0.25) is 12.5 Å². The molecule has 2 aromatic rings. The van der Waals surface area contributed by atoms with E-state index in [1.54, 1.807) is 21.3 Å². The molecule has 0 spiro atoms. The average molecular weight is 448 g/mol. The quantitative estimate of drug-likeness (QED) is 0.451. The molecule has 0 saturated carbocycles. The van der Waals surface area contributed by atoms with Gasteiger partial charge in [-0.1, -0.05) is 6.92 Å². The van der Waals surface area contributed by atoms with E-state index in [0.717, 1.165) is 11.1 Å². The molecule has 31 heavy (non-hydrogen) atoms. The molecule has 2 aromatic carbocycles. The maximum absolute atomic E-state index is 6.22. The van der Waals surface area contributed by atoms with Gasteiger partial charge in [0, 0.05) is 23.5 Å². The monoisotopic (exact) mass is 447 g/mol. The van der Waals surface area contributed by atoms with Crippen LogP contribution >= 0.6 is 12.2 Å². The fourth-order valence-corrected chi connectivity index (χ4v) is 4.11. The summed E-state index contributed by atoms with van der Waals surface area (Å²) in [5.41, 5.74) is 13.4. The standard InChI is InChI=1S/C21H25N3O6S/c1-10-18(11-5-16(25-2)19(27-4)17(6-11)26-3)12-7-14-15(29-9-28-14)8-13(12)30-20(10)23-24-21(22)31/h5-8,10,18,20,23H,9H2,1-4H3,(H3,22,24,31)/t10-,18+,20?/m1/s1. The van der Waals surface area contributed by atoms with E-state index in [1.807, 2.05) is 24.3 Å². The Morgan fingerprint density at radius 2 is 1.65 bits per heavy atom. The molecule has 4 N–H and O–H groups in total. The molecule has 0 aliphatic carbocycles. The molecule has 0 fully saturated rings. The Balaban J connectivity index is 1.84. The lowest BCUT2D eigenvalue weighted by Gasteiger charge is -2.38. The first-order valence-corrected chi connectivity index (χ1v) is 10.1. The normalized spacial score (nSPS) is 21.0. The minimum absolute atomic E-state index is 0.0440. The van der Waals surface area contributed by atoms with Crippen molar-refractivity contribution in [3.05, 3.63) is 35.4 Å². The van der Waals surface area contributed by atoms with Crippen LogP contribution in [0.1, 0.15) is 24.0 Å². The molecule has 0 aromatic heterocycles. The molecule has 9 nitrogen and oxygen atoms in total. The summed E-state index contributed by atoms with van der Waals surface area (Å²) < 4.78 is 34.0. The van der Waals surface area contributed by atoms with Gasteiger partial charge in [-0.15, -0.1) is 0 Å². The topological polar surface area (TPSA) is 105 Å². The first kappa shape index (κ1) is 21.1. The van der Waals surface area contributed by atoms with E-state index < -0.39 is 6.23 Å². The number of ether oxygens (including phenoxy) is 6. The Hall–Kier alpha value is -3.11. The van der Waals surface area contributed by atoms with Gasteiger partial charge in [0.1, 0.15) is 5.75 Å². The third-order valence-corrected chi connectivity index (χ3v) is 5.58. The van der Waals surface area contributed by atoms with E-state index in [9.17, 15) is 0 Å². The Morgan fingerprint density at radius 1 is 1.00 bits per heavy atom. The molecule has 4 rings (SSSR count). The van der Waals surface area contributed by atoms with Crippen molar-refractivity contribution in [3.63, 3.8) is 0 Å². The molecule has 0 amide bonds. The highest BCUT2D eigenvalue weighted by molar-refractivity contribution is 7.80. The van der Waals surface area contributed by atoms with Gasteiger partial charge in [-0.2, -0.15) is 5.43 Å². The lowest BCUT2D eigenvalue weighted by atomic mass is 9.78. The molecule has 0 bridgehead atoms. The minimum atomic E-state index is -0.432. The van der Waals surface area contributed by atoms with Crippen LogP contribution in [0.25, 0.3) is 0 Å². The Bertz CT molecular complexity index is 976. The summed E-state index contributed by atoms with van der Waals surface area (Å²) in [4.78, 5) is 0. The number of hydrogen-bond donors (Lipinski definition) is 3. The van der Waals surface area contributed by atoms with Gasteiger partial charge >= 0.3 is 0 Å². The summed E-state index contributed by atoms with van der Waals surface area (Å²) >= 11 is 4.93. The van der Waals surface area contributed by atoms with E-state index >= 15 is 0 Å². The Morgan fingerprint density at radius 3 is 2.23 bits per heavy atom. The zero-order chi connectivity index (χ0) is 22.1. The summed E-state index contributed by atoms with van der Waals surface area (Å²) in [6.07, 6.45) is -0.432. The summed E-state index contributed by atoms with van der Waals surface area (Å²) in [6, 6.07) is 7.68. The fraction of sp³-hybridized carbons (Fsp3) is 0.381.